The summed E-state index contributed by atoms with van der Waals surface area (Å²) in [5.74, 6) is 2.16. The molecular weight excluding hydrogens is 290 g/mol. The van der Waals surface area contributed by atoms with Gasteiger partial charge in [0.2, 0.25) is 0 Å². The molecule has 2 aromatic rings. The fourth-order valence-corrected chi connectivity index (χ4v) is 2.93. The number of ether oxygens (including phenoxy) is 2. The predicted molar refractivity (Wildman–Crippen MR) is 82.0 cm³/mol. The van der Waals surface area contributed by atoms with Crippen molar-refractivity contribution in [3.63, 3.8) is 0 Å². The molecule has 0 saturated heterocycles. The number of aryl methyl sites for hydroxylation is 1. The van der Waals surface area contributed by atoms with E-state index >= 15 is 0 Å². The van der Waals surface area contributed by atoms with Crippen molar-refractivity contribution >= 4 is 17.4 Å². The lowest BCUT2D eigenvalue weighted by molar-refractivity contribution is 0.355. The Bertz CT molecular complexity index is 704. The molecule has 1 aromatic heterocycles. The van der Waals surface area contributed by atoms with Crippen LogP contribution in [0.4, 0.5) is 5.82 Å². The predicted octanol–water partition coefficient (Wildman–Crippen LogP) is 2.89. The monoisotopic (exact) mass is 305 g/mol. The first-order chi connectivity index (χ1) is 10.1. The summed E-state index contributed by atoms with van der Waals surface area (Å²) in [6, 6.07) is 3.57. The van der Waals surface area contributed by atoms with Gasteiger partial charge in [-0.3, -0.25) is 0 Å². The maximum Gasteiger partial charge on any atom is 0.179 e. The van der Waals surface area contributed by atoms with Crippen LogP contribution in [0.15, 0.2) is 12.1 Å². The van der Waals surface area contributed by atoms with E-state index in [1.54, 1.807) is 26.4 Å². The number of hydrogen-bond acceptors (Lipinski definition) is 5. The quantitative estimate of drug-likeness (QED) is 0.944. The van der Waals surface area contributed by atoms with Crippen molar-refractivity contribution in [1.29, 1.82) is 0 Å². The molecule has 0 radical (unpaired) electrons. The van der Waals surface area contributed by atoms with Gasteiger partial charge in [0, 0.05) is 16.8 Å². The molecule has 1 aliphatic rings. The van der Waals surface area contributed by atoms with Gasteiger partial charge in [0.25, 0.3) is 0 Å². The topological polar surface area (TPSA) is 70.3 Å². The minimum Gasteiger partial charge on any atom is -0.493 e. The SMILES string of the molecule is COc1cc(-c2nc(N)c3c(n2)CCC3)cc(Cl)c1OC. The van der Waals surface area contributed by atoms with E-state index in [2.05, 4.69) is 9.97 Å². The van der Waals surface area contributed by atoms with Gasteiger partial charge in [-0.05, 0) is 31.4 Å². The third-order valence-electron chi connectivity index (χ3n) is 3.66. The molecule has 3 rings (SSSR count). The number of nitrogen functional groups attached to an aromatic ring is 1. The Hall–Kier alpha value is -2.01. The highest BCUT2D eigenvalue weighted by Gasteiger charge is 2.20. The minimum absolute atomic E-state index is 0.453. The summed E-state index contributed by atoms with van der Waals surface area (Å²) >= 11 is 6.23. The standard InChI is InChI=1S/C15H16ClN3O2/c1-20-12-7-8(6-10(16)13(12)21-2)15-18-11-5-3-4-9(11)14(17)19-15/h6-7H,3-5H2,1-2H3,(H2,17,18,19). The molecule has 110 valence electrons. The Kier molecular flexibility index (Phi) is 3.59. The summed E-state index contributed by atoms with van der Waals surface area (Å²) in [6.45, 7) is 0. The van der Waals surface area contributed by atoms with Crippen molar-refractivity contribution in [3.05, 3.63) is 28.4 Å². The van der Waals surface area contributed by atoms with Crippen molar-refractivity contribution < 1.29 is 9.47 Å². The molecule has 0 atom stereocenters. The Morgan fingerprint density at radius 3 is 2.67 bits per heavy atom. The van der Waals surface area contributed by atoms with Crippen LogP contribution in [0.5, 0.6) is 11.5 Å². The average Bonchev–Trinajstić information content (AvgIpc) is 2.95. The number of fused-ring (bicyclic) bond motifs is 1. The zero-order chi connectivity index (χ0) is 15.0. The summed E-state index contributed by atoms with van der Waals surface area (Å²) in [5.41, 5.74) is 8.90. The van der Waals surface area contributed by atoms with E-state index in [1.807, 2.05) is 0 Å². The molecule has 0 aliphatic heterocycles. The number of aromatic nitrogens is 2. The second-order valence-electron chi connectivity index (χ2n) is 4.90. The minimum atomic E-state index is 0.453. The van der Waals surface area contributed by atoms with Crippen molar-refractivity contribution in [2.45, 2.75) is 19.3 Å². The first-order valence-electron chi connectivity index (χ1n) is 6.71. The molecule has 0 unspecified atom stereocenters. The maximum absolute atomic E-state index is 6.23. The number of nitrogens with zero attached hydrogens (tertiary/aromatic N) is 2. The molecular formula is C15H16ClN3O2. The number of rotatable bonds is 3. The van der Waals surface area contributed by atoms with Gasteiger partial charge in [0.15, 0.2) is 17.3 Å². The highest BCUT2D eigenvalue weighted by Crippen LogP contribution is 2.39. The van der Waals surface area contributed by atoms with Crippen LogP contribution >= 0.6 is 11.6 Å². The highest BCUT2D eigenvalue weighted by molar-refractivity contribution is 6.32. The number of hydrogen-bond donors (Lipinski definition) is 1. The fraction of sp³-hybridized carbons (Fsp3) is 0.333. The molecule has 1 heterocycles. The Balaban J connectivity index is 2.13. The lowest BCUT2D eigenvalue weighted by Crippen LogP contribution is -2.03. The first-order valence-corrected chi connectivity index (χ1v) is 7.09. The van der Waals surface area contributed by atoms with Gasteiger partial charge >= 0.3 is 0 Å². The lowest BCUT2D eigenvalue weighted by Gasteiger charge is -2.12. The van der Waals surface area contributed by atoms with Crippen LogP contribution in [0.3, 0.4) is 0 Å². The Morgan fingerprint density at radius 2 is 1.95 bits per heavy atom. The van der Waals surface area contributed by atoms with Gasteiger partial charge in [-0.2, -0.15) is 0 Å². The van der Waals surface area contributed by atoms with Crippen molar-refractivity contribution in [2.75, 3.05) is 20.0 Å². The van der Waals surface area contributed by atoms with Crippen LogP contribution in [0.1, 0.15) is 17.7 Å². The van der Waals surface area contributed by atoms with Crippen LogP contribution in [-0.4, -0.2) is 24.2 Å². The molecule has 0 saturated carbocycles. The molecule has 1 aliphatic carbocycles. The van der Waals surface area contributed by atoms with Gasteiger partial charge < -0.3 is 15.2 Å². The molecule has 2 N–H and O–H groups in total. The van der Waals surface area contributed by atoms with Crippen molar-refractivity contribution in [2.24, 2.45) is 0 Å². The fourth-order valence-electron chi connectivity index (χ4n) is 2.64. The third-order valence-corrected chi connectivity index (χ3v) is 3.94. The molecule has 0 bridgehead atoms. The van der Waals surface area contributed by atoms with E-state index < -0.39 is 0 Å². The molecule has 1 aromatic carbocycles. The zero-order valence-corrected chi connectivity index (χ0v) is 12.7. The third kappa shape index (κ3) is 2.38. The number of nitrogens with two attached hydrogens (primary N) is 1. The molecule has 6 heteroatoms. The number of anilines is 1. The molecule has 21 heavy (non-hydrogen) atoms. The normalized spacial score (nSPS) is 13.1. The number of benzene rings is 1. The van der Waals surface area contributed by atoms with E-state index in [0.29, 0.717) is 28.2 Å². The van der Waals surface area contributed by atoms with Crippen LogP contribution in [-0.2, 0) is 12.8 Å². The highest BCUT2D eigenvalue weighted by atomic mass is 35.5. The second-order valence-corrected chi connectivity index (χ2v) is 5.31. The van der Waals surface area contributed by atoms with Crippen molar-refractivity contribution in [3.8, 4) is 22.9 Å². The van der Waals surface area contributed by atoms with Gasteiger partial charge in [0.1, 0.15) is 5.82 Å². The van der Waals surface area contributed by atoms with Crippen LogP contribution in [0.25, 0.3) is 11.4 Å². The van der Waals surface area contributed by atoms with Crippen LogP contribution in [0, 0.1) is 0 Å². The van der Waals surface area contributed by atoms with E-state index in [9.17, 15) is 0 Å². The molecule has 0 amide bonds. The Morgan fingerprint density at radius 1 is 1.14 bits per heavy atom. The molecule has 0 spiro atoms. The molecule has 0 fully saturated rings. The summed E-state index contributed by atoms with van der Waals surface area (Å²) in [4.78, 5) is 9.01. The smallest absolute Gasteiger partial charge is 0.179 e. The van der Waals surface area contributed by atoms with Crippen LogP contribution in [0.2, 0.25) is 5.02 Å². The summed E-state index contributed by atoms with van der Waals surface area (Å²) in [6.07, 6.45) is 2.97. The summed E-state index contributed by atoms with van der Waals surface area (Å²) in [5, 5.41) is 0.453. The second kappa shape index (κ2) is 5.41. The molecule has 5 nitrogen and oxygen atoms in total. The Labute approximate surface area is 128 Å². The first kappa shape index (κ1) is 13.9. The summed E-state index contributed by atoms with van der Waals surface area (Å²) < 4.78 is 10.5. The van der Waals surface area contributed by atoms with Gasteiger partial charge in [-0.1, -0.05) is 11.6 Å². The van der Waals surface area contributed by atoms with E-state index in [1.165, 1.54) is 0 Å². The number of methoxy groups -OCH3 is 2. The van der Waals surface area contributed by atoms with E-state index in [0.717, 1.165) is 36.1 Å². The lowest BCUT2D eigenvalue weighted by atomic mass is 10.1. The van der Waals surface area contributed by atoms with E-state index in [4.69, 9.17) is 26.8 Å². The van der Waals surface area contributed by atoms with Gasteiger partial charge in [-0.25, -0.2) is 9.97 Å². The van der Waals surface area contributed by atoms with E-state index in [-0.39, 0.29) is 0 Å². The van der Waals surface area contributed by atoms with Gasteiger partial charge in [0.05, 0.1) is 19.2 Å². The maximum atomic E-state index is 6.23. The summed E-state index contributed by atoms with van der Waals surface area (Å²) in [7, 11) is 3.11. The van der Waals surface area contributed by atoms with Gasteiger partial charge in [-0.15, -0.1) is 0 Å². The zero-order valence-electron chi connectivity index (χ0n) is 11.9. The van der Waals surface area contributed by atoms with Crippen LogP contribution < -0.4 is 15.2 Å². The average molecular weight is 306 g/mol. The number of halogens is 1. The van der Waals surface area contributed by atoms with Crippen molar-refractivity contribution in [1.82, 2.24) is 9.97 Å². The largest absolute Gasteiger partial charge is 0.493 e.